The molecule has 0 saturated heterocycles. The number of rotatable bonds is 7. The van der Waals surface area contributed by atoms with Gasteiger partial charge in [-0.3, -0.25) is 4.79 Å². The van der Waals surface area contributed by atoms with Crippen molar-refractivity contribution in [2.45, 2.75) is 32.0 Å². The van der Waals surface area contributed by atoms with Gasteiger partial charge in [0.1, 0.15) is 11.6 Å². The van der Waals surface area contributed by atoms with E-state index in [0.29, 0.717) is 16.8 Å². The maximum Gasteiger partial charge on any atom is 0.236 e. The number of anilines is 1. The van der Waals surface area contributed by atoms with Crippen LogP contribution in [0.4, 0.5) is 5.82 Å². The highest BCUT2D eigenvalue weighted by Gasteiger charge is 2.19. The molecule has 0 saturated carbocycles. The minimum atomic E-state index is -0.322. The highest BCUT2D eigenvalue weighted by Crippen LogP contribution is 2.29. The Morgan fingerprint density at radius 1 is 1.30 bits per heavy atom. The van der Waals surface area contributed by atoms with Crippen molar-refractivity contribution in [2.24, 2.45) is 7.05 Å². The van der Waals surface area contributed by atoms with E-state index in [1.165, 1.54) is 11.8 Å². The van der Waals surface area contributed by atoms with Crippen LogP contribution in [-0.4, -0.2) is 31.4 Å². The minimum absolute atomic E-state index is 0.171. The second kappa shape index (κ2) is 9.80. The van der Waals surface area contributed by atoms with Gasteiger partial charge in [-0.2, -0.15) is 0 Å². The lowest BCUT2D eigenvalue weighted by Gasteiger charge is -2.16. The minimum Gasteiger partial charge on any atom is -0.483 e. The number of carbonyl (C=O) groups excluding carboxylic acids is 1. The first-order valence-corrected chi connectivity index (χ1v) is 11.3. The molecule has 2 heterocycles. The van der Waals surface area contributed by atoms with E-state index in [0.717, 1.165) is 26.4 Å². The lowest BCUT2D eigenvalue weighted by Crippen LogP contribution is -2.15. The second-order valence-corrected chi connectivity index (χ2v) is 8.97. The van der Waals surface area contributed by atoms with Crippen molar-refractivity contribution in [1.29, 1.82) is 0 Å². The van der Waals surface area contributed by atoms with Gasteiger partial charge < -0.3 is 14.6 Å². The molecule has 1 unspecified atom stereocenters. The van der Waals surface area contributed by atoms with Crippen LogP contribution in [0.15, 0.2) is 40.1 Å². The summed E-state index contributed by atoms with van der Waals surface area (Å²) in [6, 6.07) is 7.35. The highest BCUT2D eigenvalue weighted by molar-refractivity contribution is 9.10. The van der Waals surface area contributed by atoms with E-state index in [4.69, 9.17) is 16.3 Å². The average molecular weight is 511 g/mol. The molecule has 3 aromatic rings. The Bertz CT molecular complexity index is 1030. The highest BCUT2D eigenvalue weighted by atomic mass is 79.9. The van der Waals surface area contributed by atoms with Crippen LogP contribution in [0.5, 0.6) is 5.75 Å². The number of ether oxygens (including phenoxy) is 1. The fourth-order valence-corrected chi connectivity index (χ4v) is 3.86. The van der Waals surface area contributed by atoms with Crippen LogP contribution in [0.2, 0.25) is 5.02 Å². The van der Waals surface area contributed by atoms with E-state index in [1.807, 2.05) is 50.6 Å². The van der Waals surface area contributed by atoms with Gasteiger partial charge in [0.25, 0.3) is 0 Å². The van der Waals surface area contributed by atoms with Gasteiger partial charge in [-0.05, 0) is 72.1 Å². The topological polar surface area (TPSA) is 81.9 Å². The zero-order chi connectivity index (χ0) is 21.8. The number of benzene rings is 1. The molecule has 1 amide bonds. The molecule has 0 aliphatic rings. The first-order chi connectivity index (χ1) is 14.2. The Kier molecular flexibility index (Phi) is 7.38. The summed E-state index contributed by atoms with van der Waals surface area (Å²) in [6.45, 7) is 5.79. The number of aryl methyl sites for hydroxylation is 2. The summed E-state index contributed by atoms with van der Waals surface area (Å²) in [5, 5.41) is 12.5. The molecule has 0 bridgehead atoms. The predicted octanol–water partition coefficient (Wildman–Crippen LogP) is 5.11. The molecule has 10 heteroatoms. The van der Waals surface area contributed by atoms with E-state index in [9.17, 15) is 4.79 Å². The van der Waals surface area contributed by atoms with Crippen LogP contribution >= 0.6 is 39.3 Å². The smallest absolute Gasteiger partial charge is 0.236 e. The number of thioether (sulfide) groups is 1. The number of hydrogen-bond donors (Lipinski definition) is 1. The molecule has 1 aromatic carbocycles. The summed E-state index contributed by atoms with van der Waals surface area (Å²) in [5.74, 6) is 1.90. The third-order valence-corrected chi connectivity index (χ3v) is 6.37. The molecular weight excluding hydrogens is 490 g/mol. The van der Waals surface area contributed by atoms with Gasteiger partial charge in [0, 0.05) is 22.7 Å². The molecule has 1 N–H and O–H groups in total. The van der Waals surface area contributed by atoms with Crippen LogP contribution in [0.1, 0.15) is 30.0 Å². The monoisotopic (exact) mass is 509 g/mol. The van der Waals surface area contributed by atoms with Crippen molar-refractivity contribution in [3.63, 3.8) is 0 Å². The van der Waals surface area contributed by atoms with Gasteiger partial charge in [0.2, 0.25) is 5.91 Å². The van der Waals surface area contributed by atoms with Crippen molar-refractivity contribution >= 4 is 51.0 Å². The lowest BCUT2D eigenvalue weighted by atomic mass is 10.1. The molecule has 30 heavy (non-hydrogen) atoms. The van der Waals surface area contributed by atoms with Crippen LogP contribution in [-0.2, 0) is 11.8 Å². The van der Waals surface area contributed by atoms with E-state index < -0.39 is 0 Å². The number of nitrogens with one attached hydrogen (secondary N) is 1. The number of carbonyl (C=O) groups is 1. The third-order valence-electron chi connectivity index (χ3n) is 4.28. The zero-order valence-electron chi connectivity index (χ0n) is 16.9. The SMILES string of the molecule is Cc1cc(OC(C)c2nnc(SCC(=O)Nc3ccc(Br)cn3)n2C)cc(C)c1Cl. The Morgan fingerprint density at radius 3 is 2.63 bits per heavy atom. The van der Waals surface area contributed by atoms with Gasteiger partial charge >= 0.3 is 0 Å². The van der Waals surface area contributed by atoms with Gasteiger partial charge in [-0.1, -0.05) is 23.4 Å². The first kappa shape index (κ1) is 22.6. The number of pyridine rings is 1. The first-order valence-electron chi connectivity index (χ1n) is 9.11. The van der Waals surface area contributed by atoms with E-state index in [1.54, 1.807) is 12.3 Å². The molecule has 0 spiro atoms. The lowest BCUT2D eigenvalue weighted by molar-refractivity contribution is -0.113. The molecule has 158 valence electrons. The predicted molar refractivity (Wildman–Crippen MR) is 122 cm³/mol. The van der Waals surface area contributed by atoms with Gasteiger partial charge in [0.05, 0.1) is 5.75 Å². The number of aromatic nitrogens is 4. The fraction of sp³-hybridized carbons (Fsp3) is 0.300. The molecule has 7 nitrogen and oxygen atoms in total. The number of nitrogens with zero attached hydrogens (tertiary/aromatic N) is 4. The van der Waals surface area contributed by atoms with Crippen LogP contribution in [0.3, 0.4) is 0 Å². The van der Waals surface area contributed by atoms with Crippen molar-refractivity contribution in [3.05, 3.63) is 56.9 Å². The van der Waals surface area contributed by atoms with Crippen LogP contribution in [0.25, 0.3) is 0 Å². The number of amides is 1. The van der Waals surface area contributed by atoms with Crippen LogP contribution in [0, 0.1) is 13.8 Å². The van der Waals surface area contributed by atoms with Crippen LogP contribution < -0.4 is 10.1 Å². The van der Waals surface area contributed by atoms with Gasteiger partial charge in [-0.25, -0.2) is 4.98 Å². The van der Waals surface area contributed by atoms with E-state index in [-0.39, 0.29) is 17.8 Å². The Balaban J connectivity index is 1.61. The second-order valence-electron chi connectivity index (χ2n) is 6.73. The molecule has 0 aliphatic heterocycles. The van der Waals surface area contributed by atoms with Crippen molar-refractivity contribution in [3.8, 4) is 5.75 Å². The molecule has 1 atom stereocenters. The van der Waals surface area contributed by atoms with Crippen molar-refractivity contribution in [2.75, 3.05) is 11.1 Å². The summed E-state index contributed by atoms with van der Waals surface area (Å²) >= 11 is 10.8. The molecule has 0 aliphatic carbocycles. The Hall–Kier alpha value is -2.10. The molecule has 0 fully saturated rings. The number of halogens is 2. The Morgan fingerprint density at radius 2 is 2.00 bits per heavy atom. The zero-order valence-corrected chi connectivity index (χ0v) is 20.1. The maximum absolute atomic E-state index is 12.2. The van der Waals surface area contributed by atoms with Crippen molar-refractivity contribution in [1.82, 2.24) is 19.7 Å². The molecule has 0 radical (unpaired) electrons. The van der Waals surface area contributed by atoms with E-state index in [2.05, 4.69) is 36.4 Å². The molecule has 2 aromatic heterocycles. The Labute approximate surface area is 192 Å². The molecule has 3 rings (SSSR count). The summed E-state index contributed by atoms with van der Waals surface area (Å²) in [5.41, 5.74) is 1.92. The fourth-order valence-electron chi connectivity index (χ4n) is 2.80. The maximum atomic E-state index is 12.2. The average Bonchev–Trinajstić information content (AvgIpc) is 3.07. The van der Waals surface area contributed by atoms with E-state index >= 15 is 0 Å². The summed E-state index contributed by atoms with van der Waals surface area (Å²) in [7, 11) is 1.85. The summed E-state index contributed by atoms with van der Waals surface area (Å²) < 4.78 is 8.72. The third kappa shape index (κ3) is 5.53. The largest absolute Gasteiger partial charge is 0.483 e. The van der Waals surface area contributed by atoms with Gasteiger partial charge in [0.15, 0.2) is 17.1 Å². The quantitative estimate of drug-likeness (QED) is 0.445. The standard InChI is InChI=1S/C20H21BrClN5O2S/c1-11-7-15(8-12(2)18(11)22)29-13(3)19-25-26-20(27(19)4)30-10-17(28)24-16-6-5-14(21)9-23-16/h5-9,13H,10H2,1-4H3,(H,23,24,28). The molecular formula is C20H21BrClN5O2S. The normalized spacial score (nSPS) is 11.9. The summed E-state index contributed by atoms with van der Waals surface area (Å²) in [6.07, 6.45) is 1.31. The van der Waals surface area contributed by atoms with Gasteiger partial charge in [-0.15, -0.1) is 10.2 Å². The number of hydrogen-bond acceptors (Lipinski definition) is 6. The van der Waals surface area contributed by atoms with Crippen molar-refractivity contribution < 1.29 is 9.53 Å². The summed E-state index contributed by atoms with van der Waals surface area (Å²) in [4.78, 5) is 16.3.